The molecule has 4 amide bonds. The van der Waals surface area contributed by atoms with Gasteiger partial charge in [0, 0.05) is 17.0 Å². The average molecular weight is 707 g/mol. The van der Waals surface area contributed by atoms with Gasteiger partial charge in [-0.25, -0.2) is 10.3 Å². The summed E-state index contributed by atoms with van der Waals surface area (Å²) < 4.78 is 15.0. The summed E-state index contributed by atoms with van der Waals surface area (Å²) in [6.07, 6.45) is 3.15. The molecule has 0 radical (unpaired) electrons. The lowest BCUT2D eigenvalue weighted by atomic mass is 9.84. The molecule has 3 rings (SSSR count). The molecule has 14 heteroatoms. The zero-order chi connectivity index (χ0) is 37.2. The zero-order valence-corrected chi connectivity index (χ0v) is 29.3. The number of benzene rings is 2. The number of nitrogens with one attached hydrogen (secondary N) is 4. The molecule has 3 atom stereocenters. The van der Waals surface area contributed by atoms with Gasteiger partial charge in [-0.2, -0.15) is 0 Å². The Kier molecular flexibility index (Phi) is 16.4. The second kappa shape index (κ2) is 20.9. The molecular weight excluding hydrogens is 660 g/mol. The van der Waals surface area contributed by atoms with Crippen LogP contribution in [-0.4, -0.2) is 62.5 Å². The quantitative estimate of drug-likeness (QED) is 0.0577. The molecule has 0 unspecified atom stereocenters. The molecule has 0 fully saturated rings. The van der Waals surface area contributed by atoms with E-state index >= 15 is 0 Å². The van der Waals surface area contributed by atoms with Crippen molar-refractivity contribution in [2.75, 3.05) is 20.9 Å². The predicted octanol–water partition coefficient (Wildman–Crippen LogP) is 4.06. The summed E-state index contributed by atoms with van der Waals surface area (Å²) in [5, 5.41) is 7.80. The van der Waals surface area contributed by atoms with Crippen LogP contribution in [0.2, 0.25) is 0 Å². The van der Waals surface area contributed by atoms with E-state index < -0.39 is 48.1 Å². The minimum atomic E-state index is -1.23. The first-order chi connectivity index (χ1) is 24.6. The van der Waals surface area contributed by atoms with E-state index in [9.17, 15) is 28.8 Å². The van der Waals surface area contributed by atoms with Gasteiger partial charge in [-0.3, -0.25) is 28.8 Å². The predicted molar refractivity (Wildman–Crippen MR) is 185 cm³/mol. The third-order valence-corrected chi connectivity index (χ3v) is 8.13. The van der Waals surface area contributed by atoms with Crippen LogP contribution in [0.3, 0.4) is 0 Å². The summed E-state index contributed by atoms with van der Waals surface area (Å²) >= 11 is 0. The smallest absolute Gasteiger partial charge is 0.328 e. The highest BCUT2D eigenvalue weighted by Gasteiger charge is 2.32. The lowest BCUT2D eigenvalue weighted by Gasteiger charge is -2.24. The molecule has 3 aromatic rings. The first kappa shape index (κ1) is 39.9. The largest absolute Gasteiger partial charge is 0.469 e. The highest BCUT2D eigenvalue weighted by atomic mass is 16.6. The van der Waals surface area contributed by atoms with E-state index in [0.717, 1.165) is 31.9 Å². The Morgan fingerprint density at radius 1 is 0.765 bits per heavy atom. The minimum Gasteiger partial charge on any atom is -0.469 e. The van der Waals surface area contributed by atoms with Crippen molar-refractivity contribution in [3.05, 3.63) is 83.6 Å². The normalized spacial score (nSPS) is 12.5. The van der Waals surface area contributed by atoms with Gasteiger partial charge in [0.2, 0.25) is 11.8 Å². The number of amides is 4. The molecule has 51 heavy (non-hydrogen) atoms. The van der Waals surface area contributed by atoms with Crippen LogP contribution in [0.15, 0.2) is 71.1 Å². The van der Waals surface area contributed by atoms with Gasteiger partial charge in [-0.15, -0.1) is 0 Å². The van der Waals surface area contributed by atoms with Gasteiger partial charge < -0.3 is 29.8 Å². The zero-order valence-electron chi connectivity index (χ0n) is 29.3. The van der Waals surface area contributed by atoms with Crippen LogP contribution in [0.4, 0.5) is 0 Å². The third kappa shape index (κ3) is 12.4. The van der Waals surface area contributed by atoms with Crippen molar-refractivity contribution in [1.82, 2.24) is 21.4 Å². The molecule has 0 aliphatic rings. The van der Waals surface area contributed by atoms with Crippen LogP contribution in [0, 0.1) is 11.8 Å². The molecule has 0 bridgehead atoms. The van der Waals surface area contributed by atoms with Crippen molar-refractivity contribution in [1.29, 1.82) is 0 Å². The molecule has 274 valence electrons. The second-order valence-corrected chi connectivity index (χ2v) is 11.7. The van der Waals surface area contributed by atoms with Gasteiger partial charge in [-0.1, -0.05) is 75.6 Å². The first-order valence-corrected chi connectivity index (χ1v) is 16.8. The summed E-state index contributed by atoms with van der Waals surface area (Å²) in [6.45, 7) is 3.90. The Bertz CT molecular complexity index is 1610. The number of rotatable bonds is 20. The number of unbranched alkanes of at least 4 members (excludes halogenated alkanes) is 2. The molecule has 0 saturated heterocycles. The molecule has 0 aliphatic carbocycles. The molecular formula is C37H46N4O10. The summed E-state index contributed by atoms with van der Waals surface area (Å²) in [7, 11) is 2.31. The van der Waals surface area contributed by atoms with Crippen molar-refractivity contribution in [2.24, 2.45) is 11.8 Å². The number of esters is 2. The number of hydroxylamine groups is 1. The molecule has 4 N–H and O–H groups in total. The van der Waals surface area contributed by atoms with Crippen molar-refractivity contribution >= 4 is 35.6 Å². The van der Waals surface area contributed by atoms with Crippen LogP contribution in [0.25, 0.3) is 11.3 Å². The number of carbonyl (C=O) groups is 6. The van der Waals surface area contributed by atoms with Crippen molar-refractivity contribution in [3.8, 4) is 11.3 Å². The molecule has 0 aliphatic heterocycles. The Labute approximate surface area is 296 Å². The first-order valence-electron chi connectivity index (χ1n) is 16.8. The number of furan rings is 1. The standard InChI is InChI=1S/C37H46N4O10/c1-5-7-9-14-28(27(6-2)35(45)41-50-22-24-12-10-8-11-13-24)34(44)38-23-39-36(46)31-20-19-30(51-31)25-15-17-26(18-16-25)33(43)40-29(37(47)49-4)21-32(42)48-3/h8,10-13,15-20,27-29H,5-7,9,14,21-23H2,1-4H3,(H,38,44)(H,39,46)(H,40,43)(H,41,45)/t27-,28-,29+/m1/s1. The number of methoxy groups -OCH3 is 2. The number of carbonyl (C=O) groups excluding carboxylic acids is 6. The summed E-state index contributed by atoms with van der Waals surface area (Å²) in [6, 6.07) is 17.4. The van der Waals surface area contributed by atoms with Gasteiger partial charge in [0.05, 0.1) is 39.8 Å². The summed E-state index contributed by atoms with van der Waals surface area (Å²) in [5.41, 5.74) is 4.15. The molecule has 0 spiro atoms. The molecule has 2 aromatic carbocycles. The third-order valence-electron chi connectivity index (χ3n) is 8.13. The summed E-state index contributed by atoms with van der Waals surface area (Å²) in [4.78, 5) is 81.0. The molecule has 1 heterocycles. The highest BCUT2D eigenvalue weighted by Crippen LogP contribution is 2.24. The molecule has 14 nitrogen and oxygen atoms in total. The lowest BCUT2D eigenvalue weighted by Crippen LogP contribution is -2.45. The van der Waals surface area contributed by atoms with E-state index in [2.05, 4.69) is 37.8 Å². The number of ether oxygens (including phenoxy) is 2. The topological polar surface area (TPSA) is 191 Å². The average Bonchev–Trinajstić information content (AvgIpc) is 3.65. The van der Waals surface area contributed by atoms with Gasteiger partial charge in [-0.05, 0) is 42.7 Å². The van der Waals surface area contributed by atoms with Crippen LogP contribution >= 0.6 is 0 Å². The van der Waals surface area contributed by atoms with Crippen molar-refractivity contribution in [3.63, 3.8) is 0 Å². The van der Waals surface area contributed by atoms with Crippen molar-refractivity contribution < 1.29 is 47.5 Å². The van der Waals surface area contributed by atoms with Crippen LogP contribution in [0.5, 0.6) is 0 Å². The van der Waals surface area contributed by atoms with Crippen molar-refractivity contribution in [2.45, 2.75) is 65.0 Å². The minimum absolute atomic E-state index is 0.00864. The Morgan fingerprint density at radius 2 is 1.49 bits per heavy atom. The van der Waals surface area contributed by atoms with Crippen LogP contribution in [0.1, 0.15) is 78.8 Å². The van der Waals surface area contributed by atoms with E-state index in [1.54, 1.807) is 18.2 Å². The maximum absolute atomic E-state index is 13.3. The van der Waals surface area contributed by atoms with Gasteiger partial charge in [0.25, 0.3) is 11.8 Å². The fraction of sp³-hybridized carbons (Fsp3) is 0.405. The second-order valence-electron chi connectivity index (χ2n) is 11.7. The fourth-order valence-corrected chi connectivity index (χ4v) is 5.28. The van der Waals surface area contributed by atoms with E-state index in [1.807, 2.05) is 37.3 Å². The number of hydrogen-bond donors (Lipinski definition) is 4. The Morgan fingerprint density at radius 3 is 2.14 bits per heavy atom. The maximum atomic E-state index is 13.3. The molecule has 0 saturated carbocycles. The fourth-order valence-electron chi connectivity index (χ4n) is 5.28. The van der Waals surface area contributed by atoms with Crippen LogP contribution < -0.4 is 21.4 Å². The van der Waals surface area contributed by atoms with Crippen LogP contribution in [-0.2, 0) is 40.1 Å². The van der Waals surface area contributed by atoms with E-state index in [4.69, 9.17) is 9.25 Å². The lowest BCUT2D eigenvalue weighted by molar-refractivity contribution is -0.149. The SMILES string of the molecule is CCCCC[C@@H](C(=O)NCNC(=O)c1ccc(-c2ccc(C(=O)N[C@@H](CC(=O)OC)C(=O)OC)cc2)o1)[C@@H](CC)C(=O)NOCc1ccccc1. The van der Waals surface area contributed by atoms with Gasteiger partial charge >= 0.3 is 11.9 Å². The van der Waals surface area contributed by atoms with E-state index in [-0.39, 0.29) is 36.4 Å². The van der Waals surface area contributed by atoms with E-state index in [1.165, 1.54) is 25.3 Å². The van der Waals surface area contributed by atoms with Gasteiger partial charge in [0.1, 0.15) is 11.8 Å². The van der Waals surface area contributed by atoms with Gasteiger partial charge in [0.15, 0.2) is 5.76 Å². The highest BCUT2D eigenvalue weighted by molar-refractivity contribution is 5.98. The number of hydrogen-bond acceptors (Lipinski definition) is 10. The molecule has 1 aromatic heterocycles. The Balaban J connectivity index is 1.56. The maximum Gasteiger partial charge on any atom is 0.328 e. The summed E-state index contributed by atoms with van der Waals surface area (Å²) in [5.74, 6) is -4.33. The van der Waals surface area contributed by atoms with E-state index in [0.29, 0.717) is 24.2 Å². The monoisotopic (exact) mass is 706 g/mol. The Hall–Kier alpha value is -5.50.